The van der Waals surface area contributed by atoms with Crippen LogP contribution in [0.25, 0.3) is 0 Å². The van der Waals surface area contributed by atoms with Gasteiger partial charge in [0, 0.05) is 21.7 Å². The minimum absolute atomic E-state index is 0.00306. The Balaban J connectivity index is 1.10. The average molecular weight is 682 g/mol. The van der Waals surface area contributed by atoms with E-state index in [0.717, 1.165) is 33.0 Å². The number of nitrogens with one attached hydrogen (secondary N) is 2. The summed E-state index contributed by atoms with van der Waals surface area (Å²) >= 11 is 2.88. The zero-order chi connectivity index (χ0) is 33.3. The summed E-state index contributed by atoms with van der Waals surface area (Å²) < 4.78 is 12.0. The Bertz CT molecular complexity index is 1990. The summed E-state index contributed by atoms with van der Waals surface area (Å²) in [5.74, 6) is -0.371. The van der Waals surface area contributed by atoms with Crippen molar-refractivity contribution in [3.8, 4) is 11.5 Å². The van der Waals surface area contributed by atoms with Gasteiger partial charge in [-0.2, -0.15) is 0 Å². The third-order valence-electron chi connectivity index (χ3n) is 10.3. The number of fused-ring (bicyclic) bond motifs is 9. The number of hydrogen-bond acceptors (Lipinski definition) is 8. The summed E-state index contributed by atoms with van der Waals surface area (Å²) in [6.45, 7) is 6.06. The van der Waals surface area contributed by atoms with Crippen molar-refractivity contribution in [1.82, 2.24) is 4.98 Å². The highest BCUT2D eigenvalue weighted by Crippen LogP contribution is 2.68. The van der Waals surface area contributed by atoms with Gasteiger partial charge in [0.2, 0.25) is 11.8 Å². The van der Waals surface area contributed by atoms with Crippen LogP contribution in [0.5, 0.6) is 11.5 Å². The van der Waals surface area contributed by atoms with Crippen LogP contribution < -0.4 is 24.6 Å². The number of aryl methyl sites for hydroxylation is 2. The van der Waals surface area contributed by atoms with Gasteiger partial charge < -0.3 is 19.8 Å². The van der Waals surface area contributed by atoms with Gasteiger partial charge in [0.15, 0.2) is 18.1 Å². The molecule has 0 radical (unpaired) electrons. The lowest BCUT2D eigenvalue weighted by molar-refractivity contribution is -0.123. The maximum atomic E-state index is 14.1. The molecule has 4 unspecified atom stereocenters. The number of carbonyl (C=O) groups is 3. The molecule has 11 heteroatoms. The number of H-pyrrole nitrogens is 1. The number of thiazole rings is 1. The smallest absolute Gasteiger partial charge is 0.305 e. The molecule has 2 bridgehead atoms. The molecule has 3 aromatic carbocycles. The van der Waals surface area contributed by atoms with E-state index in [2.05, 4.69) is 10.3 Å². The molecule has 2 saturated carbocycles. The maximum Gasteiger partial charge on any atom is 0.305 e. The highest BCUT2D eigenvalue weighted by molar-refractivity contribution is 8.00. The molecule has 1 aromatic heterocycles. The van der Waals surface area contributed by atoms with E-state index in [4.69, 9.17) is 9.47 Å². The lowest BCUT2D eigenvalue weighted by Crippen LogP contribution is -2.42. The quantitative estimate of drug-likeness (QED) is 0.214. The van der Waals surface area contributed by atoms with Crippen LogP contribution in [0.2, 0.25) is 0 Å². The summed E-state index contributed by atoms with van der Waals surface area (Å²) in [5.41, 5.74) is 4.45. The van der Waals surface area contributed by atoms with Crippen molar-refractivity contribution < 1.29 is 23.9 Å². The fourth-order valence-corrected chi connectivity index (χ4v) is 11.3. The van der Waals surface area contributed by atoms with Gasteiger partial charge in [0.1, 0.15) is 0 Å². The minimum atomic E-state index is -0.383. The number of anilines is 2. The number of amides is 3. The number of aromatic nitrogens is 1. The van der Waals surface area contributed by atoms with Crippen LogP contribution in [-0.2, 0) is 14.4 Å². The highest BCUT2D eigenvalue weighted by Gasteiger charge is 2.69. The first-order valence-corrected chi connectivity index (χ1v) is 18.0. The Morgan fingerprint density at radius 1 is 0.896 bits per heavy atom. The molecule has 7 atom stereocenters. The van der Waals surface area contributed by atoms with Gasteiger partial charge >= 0.3 is 4.87 Å². The Kier molecular flexibility index (Phi) is 7.71. The number of benzene rings is 3. The normalized spacial score (nSPS) is 26.6. The van der Waals surface area contributed by atoms with Crippen LogP contribution in [0.4, 0.5) is 11.4 Å². The van der Waals surface area contributed by atoms with Gasteiger partial charge in [0.05, 0.1) is 29.2 Å². The standard InChI is InChI=1S/C37H35N3O6S2/c1-4-45-26-15-20(9-14-25(26)46-17-27(41)38-21-10-5-18(2)6-11-21)28-29-23-16-24(32(29)47-34-33(28)48-37(44)39-34)31-30(23)35(42)40(36(31)43)22-12-7-19(3)8-13-22/h5-15,23-24,28-32H,4,16-17H2,1-3H3,(H,38,41)(H,39,44)/t23-,24-,28-,29?,30?,31?,32?/m1/s1. The van der Waals surface area contributed by atoms with E-state index in [1.807, 2.05) is 87.5 Å². The van der Waals surface area contributed by atoms with Gasteiger partial charge in [-0.3, -0.25) is 24.1 Å². The van der Waals surface area contributed by atoms with Crippen molar-refractivity contribution >= 4 is 52.2 Å². The molecule has 48 heavy (non-hydrogen) atoms. The Morgan fingerprint density at radius 3 is 2.29 bits per heavy atom. The molecule has 8 rings (SSSR count). The SMILES string of the molecule is CCOc1cc([C@H]2c3sc(=O)[nH]c3SC3C2[C@H]2C[C@@H]3C3C(=O)N(c4ccc(C)cc4)C(=O)C32)ccc1OCC(=O)Nc1ccc(C)cc1. The first-order valence-electron chi connectivity index (χ1n) is 16.3. The predicted molar refractivity (Wildman–Crippen MR) is 185 cm³/mol. The van der Waals surface area contributed by atoms with Crippen molar-refractivity contribution in [2.45, 2.75) is 43.4 Å². The number of hydrogen-bond donors (Lipinski definition) is 2. The third-order valence-corrected chi connectivity index (χ3v) is 12.9. The number of ether oxygens (including phenoxy) is 2. The Hall–Kier alpha value is -4.35. The lowest BCUT2D eigenvalue weighted by atomic mass is 9.68. The molecule has 1 saturated heterocycles. The van der Waals surface area contributed by atoms with Gasteiger partial charge in [-0.1, -0.05) is 52.8 Å². The average Bonchev–Trinajstić information content (AvgIpc) is 3.81. The van der Waals surface area contributed by atoms with Crippen LogP contribution in [0, 0.1) is 43.4 Å². The molecular weight excluding hydrogens is 647 g/mol. The predicted octanol–water partition coefficient (Wildman–Crippen LogP) is 6.15. The fourth-order valence-electron chi connectivity index (χ4n) is 8.42. The highest BCUT2D eigenvalue weighted by atomic mass is 32.2. The first kappa shape index (κ1) is 31.0. The van der Waals surface area contributed by atoms with Crippen LogP contribution in [0.3, 0.4) is 0 Å². The van der Waals surface area contributed by atoms with Crippen molar-refractivity contribution in [3.63, 3.8) is 0 Å². The van der Waals surface area contributed by atoms with Crippen molar-refractivity contribution in [1.29, 1.82) is 0 Å². The fraction of sp³-hybridized carbons (Fsp3) is 0.351. The summed E-state index contributed by atoms with van der Waals surface area (Å²) in [6.07, 6.45) is 0.808. The monoisotopic (exact) mass is 681 g/mol. The molecule has 2 N–H and O–H groups in total. The second-order valence-electron chi connectivity index (χ2n) is 13.1. The molecule has 4 aliphatic rings. The number of carbonyl (C=O) groups excluding carboxylic acids is 3. The Morgan fingerprint density at radius 2 is 1.58 bits per heavy atom. The van der Waals surface area contributed by atoms with E-state index in [1.54, 1.807) is 11.8 Å². The van der Waals surface area contributed by atoms with E-state index in [1.165, 1.54) is 16.2 Å². The van der Waals surface area contributed by atoms with E-state index >= 15 is 0 Å². The van der Waals surface area contributed by atoms with Crippen molar-refractivity contribution in [3.05, 3.63) is 98.0 Å². The molecule has 2 aliphatic heterocycles. The van der Waals surface area contributed by atoms with Crippen LogP contribution >= 0.6 is 23.1 Å². The first-order chi connectivity index (χ1) is 23.2. The molecule has 246 valence electrons. The van der Waals surface area contributed by atoms with Crippen molar-refractivity contribution in [2.24, 2.45) is 29.6 Å². The van der Waals surface area contributed by atoms with Gasteiger partial charge in [-0.05, 0) is 86.9 Å². The van der Waals surface area contributed by atoms with Gasteiger partial charge in [-0.25, -0.2) is 0 Å². The summed E-state index contributed by atoms with van der Waals surface area (Å²) in [7, 11) is 0. The van der Waals surface area contributed by atoms with E-state index in [9.17, 15) is 19.2 Å². The van der Waals surface area contributed by atoms with Gasteiger partial charge in [0.25, 0.3) is 5.91 Å². The number of imide groups is 1. The number of nitrogens with zero attached hydrogens (tertiary/aromatic N) is 1. The Labute approximate surface area is 286 Å². The summed E-state index contributed by atoms with van der Waals surface area (Å²) in [4.78, 5) is 58.7. The van der Waals surface area contributed by atoms with E-state index in [0.29, 0.717) is 29.5 Å². The molecular formula is C37H35N3O6S2. The third kappa shape index (κ3) is 5.06. The van der Waals surface area contributed by atoms with E-state index in [-0.39, 0.29) is 70.0 Å². The molecule has 3 fully saturated rings. The van der Waals surface area contributed by atoms with Gasteiger partial charge in [-0.15, -0.1) is 11.8 Å². The van der Waals surface area contributed by atoms with Crippen LogP contribution in [0.1, 0.15) is 40.8 Å². The molecule has 0 spiro atoms. The molecule has 3 amide bonds. The molecule has 4 aromatic rings. The van der Waals surface area contributed by atoms with E-state index < -0.39 is 0 Å². The summed E-state index contributed by atoms with van der Waals surface area (Å²) in [5, 5.41) is 3.78. The zero-order valence-electron chi connectivity index (χ0n) is 26.7. The molecule has 9 nitrogen and oxygen atoms in total. The lowest BCUT2D eigenvalue weighted by Gasteiger charge is -2.43. The maximum absolute atomic E-state index is 14.1. The number of rotatable bonds is 8. The zero-order valence-corrected chi connectivity index (χ0v) is 28.4. The molecule has 2 aliphatic carbocycles. The molecule has 3 heterocycles. The topological polar surface area (TPSA) is 118 Å². The van der Waals surface area contributed by atoms with Crippen LogP contribution in [0.15, 0.2) is 76.6 Å². The second-order valence-corrected chi connectivity index (χ2v) is 15.4. The largest absolute Gasteiger partial charge is 0.490 e. The minimum Gasteiger partial charge on any atom is -0.490 e. The van der Waals surface area contributed by atoms with Crippen molar-refractivity contribution in [2.75, 3.05) is 23.4 Å². The summed E-state index contributed by atoms with van der Waals surface area (Å²) in [6, 6.07) is 20.9. The number of thioether (sulfide) groups is 1. The van der Waals surface area contributed by atoms with Crippen LogP contribution in [-0.4, -0.2) is 41.2 Å². The number of aromatic amines is 1. The second kappa shape index (κ2) is 12.0.